The highest BCUT2D eigenvalue weighted by Crippen LogP contribution is 2.32. The van der Waals surface area contributed by atoms with Crippen LogP contribution in [0.25, 0.3) is 0 Å². The normalized spacial score (nSPS) is 12.4. The second kappa shape index (κ2) is 8.12. The Balaban J connectivity index is 3.86. The standard InChI is InChI=1S/C13H28O2/c1-4-5-6-7-8-9-13(10-14,11-15)12(2)3/h12,14-15H,4-11H2,1-3H3. The van der Waals surface area contributed by atoms with Crippen LogP contribution in [-0.2, 0) is 0 Å². The molecule has 0 bridgehead atoms. The summed E-state index contributed by atoms with van der Waals surface area (Å²) in [5.74, 6) is 0.346. The third-order valence-corrected chi connectivity index (χ3v) is 3.63. The van der Waals surface area contributed by atoms with Crippen molar-refractivity contribution in [2.24, 2.45) is 11.3 Å². The largest absolute Gasteiger partial charge is 0.396 e. The van der Waals surface area contributed by atoms with Gasteiger partial charge in [-0.25, -0.2) is 0 Å². The van der Waals surface area contributed by atoms with Crippen LogP contribution in [-0.4, -0.2) is 23.4 Å². The molecule has 0 rings (SSSR count). The number of hydrogen-bond donors (Lipinski definition) is 2. The van der Waals surface area contributed by atoms with E-state index in [0.29, 0.717) is 5.92 Å². The maximum absolute atomic E-state index is 9.39. The highest BCUT2D eigenvalue weighted by Gasteiger charge is 2.31. The summed E-state index contributed by atoms with van der Waals surface area (Å²) in [7, 11) is 0. The SMILES string of the molecule is CCCCCCCC(CO)(CO)C(C)C. The van der Waals surface area contributed by atoms with E-state index in [1.807, 2.05) is 0 Å². The summed E-state index contributed by atoms with van der Waals surface area (Å²) in [6, 6.07) is 0. The first kappa shape index (κ1) is 14.9. The van der Waals surface area contributed by atoms with Gasteiger partial charge in [0.15, 0.2) is 0 Å². The average molecular weight is 216 g/mol. The van der Waals surface area contributed by atoms with E-state index in [1.165, 1.54) is 25.7 Å². The van der Waals surface area contributed by atoms with Crippen LogP contribution in [0.1, 0.15) is 59.3 Å². The van der Waals surface area contributed by atoms with Gasteiger partial charge in [-0.3, -0.25) is 0 Å². The molecule has 15 heavy (non-hydrogen) atoms. The van der Waals surface area contributed by atoms with Gasteiger partial charge >= 0.3 is 0 Å². The van der Waals surface area contributed by atoms with E-state index in [4.69, 9.17) is 0 Å². The zero-order valence-electron chi connectivity index (χ0n) is 10.6. The minimum Gasteiger partial charge on any atom is -0.396 e. The maximum atomic E-state index is 9.39. The van der Waals surface area contributed by atoms with Crippen LogP contribution in [0.2, 0.25) is 0 Å². The minimum atomic E-state index is -0.258. The molecule has 0 fully saturated rings. The van der Waals surface area contributed by atoms with Gasteiger partial charge in [0.05, 0.1) is 13.2 Å². The maximum Gasteiger partial charge on any atom is 0.0511 e. The Kier molecular flexibility index (Phi) is 8.07. The zero-order valence-corrected chi connectivity index (χ0v) is 10.6. The van der Waals surface area contributed by atoms with Crippen molar-refractivity contribution in [2.45, 2.75) is 59.3 Å². The van der Waals surface area contributed by atoms with Gasteiger partial charge in [-0.15, -0.1) is 0 Å². The molecule has 0 aliphatic carbocycles. The molecular formula is C13H28O2. The smallest absolute Gasteiger partial charge is 0.0511 e. The van der Waals surface area contributed by atoms with E-state index >= 15 is 0 Å². The van der Waals surface area contributed by atoms with E-state index in [9.17, 15) is 10.2 Å². The number of hydrogen-bond acceptors (Lipinski definition) is 2. The Bertz CT molecular complexity index is 139. The quantitative estimate of drug-likeness (QED) is 0.582. The van der Waals surface area contributed by atoms with Crippen LogP contribution in [0.3, 0.4) is 0 Å². The number of unbranched alkanes of at least 4 members (excludes halogenated alkanes) is 4. The third kappa shape index (κ3) is 4.98. The molecular weight excluding hydrogens is 188 g/mol. The van der Waals surface area contributed by atoms with Crippen LogP contribution in [0.5, 0.6) is 0 Å². The first-order chi connectivity index (χ1) is 7.13. The molecule has 0 unspecified atom stereocenters. The molecule has 0 heterocycles. The Morgan fingerprint density at radius 3 is 1.87 bits per heavy atom. The van der Waals surface area contributed by atoms with Crippen LogP contribution in [0.4, 0.5) is 0 Å². The molecule has 0 saturated carbocycles. The molecule has 0 aromatic carbocycles. The van der Waals surface area contributed by atoms with Crippen molar-refractivity contribution in [1.82, 2.24) is 0 Å². The summed E-state index contributed by atoms with van der Waals surface area (Å²) < 4.78 is 0. The highest BCUT2D eigenvalue weighted by molar-refractivity contribution is 4.81. The van der Waals surface area contributed by atoms with Crippen molar-refractivity contribution < 1.29 is 10.2 Å². The lowest BCUT2D eigenvalue weighted by molar-refractivity contribution is 0.00688. The van der Waals surface area contributed by atoms with Crippen molar-refractivity contribution in [2.75, 3.05) is 13.2 Å². The summed E-state index contributed by atoms with van der Waals surface area (Å²) in [6.45, 7) is 6.58. The lowest BCUT2D eigenvalue weighted by Crippen LogP contribution is -2.35. The van der Waals surface area contributed by atoms with Crippen molar-refractivity contribution in [1.29, 1.82) is 0 Å². The molecule has 0 aliphatic heterocycles. The molecule has 2 N–H and O–H groups in total. The molecule has 92 valence electrons. The van der Waals surface area contributed by atoms with Crippen LogP contribution >= 0.6 is 0 Å². The van der Waals surface area contributed by atoms with Gasteiger partial charge in [0, 0.05) is 5.41 Å². The number of rotatable bonds is 9. The zero-order chi connectivity index (χ0) is 11.7. The first-order valence-electron chi connectivity index (χ1n) is 6.34. The number of aliphatic hydroxyl groups excluding tert-OH is 2. The molecule has 0 saturated heterocycles. The summed E-state index contributed by atoms with van der Waals surface area (Å²) in [4.78, 5) is 0. The van der Waals surface area contributed by atoms with E-state index in [1.54, 1.807) is 0 Å². The van der Waals surface area contributed by atoms with Crippen LogP contribution in [0.15, 0.2) is 0 Å². The lowest BCUT2D eigenvalue weighted by atomic mass is 9.74. The van der Waals surface area contributed by atoms with Crippen LogP contribution < -0.4 is 0 Å². The van der Waals surface area contributed by atoms with Crippen molar-refractivity contribution >= 4 is 0 Å². The molecule has 0 atom stereocenters. The molecule has 0 amide bonds. The van der Waals surface area contributed by atoms with E-state index in [2.05, 4.69) is 20.8 Å². The van der Waals surface area contributed by atoms with Gasteiger partial charge in [0.2, 0.25) is 0 Å². The van der Waals surface area contributed by atoms with Gasteiger partial charge < -0.3 is 10.2 Å². The van der Waals surface area contributed by atoms with E-state index in [0.717, 1.165) is 12.8 Å². The summed E-state index contributed by atoms with van der Waals surface area (Å²) in [5, 5.41) is 18.8. The van der Waals surface area contributed by atoms with E-state index in [-0.39, 0.29) is 18.6 Å². The fourth-order valence-electron chi connectivity index (χ4n) is 1.94. The second-order valence-corrected chi connectivity index (χ2v) is 5.00. The highest BCUT2D eigenvalue weighted by atomic mass is 16.3. The minimum absolute atomic E-state index is 0.106. The van der Waals surface area contributed by atoms with Gasteiger partial charge in [-0.2, -0.15) is 0 Å². The molecule has 0 aliphatic rings. The number of aliphatic hydroxyl groups is 2. The molecule has 0 aromatic heterocycles. The van der Waals surface area contributed by atoms with Gasteiger partial charge in [-0.1, -0.05) is 52.9 Å². The molecule has 0 aromatic rings. The monoisotopic (exact) mass is 216 g/mol. The molecule has 0 spiro atoms. The van der Waals surface area contributed by atoms with Crippen molar-refractivity contribution in [3.63, 3.8) is 0 Å². The van der Waals surface area contributed by atoms with E-state index < -0.39 is 0 Å². The predicted octanol–water partition coefficient (Wildman–Crippen LogP) is 2.97. The average Bonchev–Trinajstić information content (AvgIpc) is 2.23. The first-order valence-corrected chi connectivity index (χ1v) is 6.34. The summed E-state index contributed by atoms with van der Waals surface area (Å²) in [6.07, 6.45) is 7.13. The van der Waals surface area contributed by atoms with Gasteiger partial charge in [0.1, 0.15) is 0 Å². The fourth-order valence-corrected chi connectivity index (χ4v) is 1.94. The Morgan fingerprint density at radius 1 is 0.933 bits per heavy atom. The van der Waals surface area contributed by atoms with Gasteiger partial charge in [-0.05, 0) is 12.3 Å². The second-order valence-electron chi connectivity index (χ2n) is 5.00. The third-order valence-electron chi connectivity index (χ3n) is 3.63. The predicted molar refractivity (Wildman–Crippen MR) is 64.8 cm³/mol. The van der Waals surface area contributed by atoms with Crippen LogP contribution in [0, 0.1) is 11.3 Å². The van der Waals surface area contributed by atoms with Crippen molar-refractivity contribution in [3.05, 3.63) is 0 Å². The van der Waals surface area contributed by atoms with Crippen molar-refractivity contribution in [3.8, 4) is 0 Å². The topological polar surface area (TPSA) is 40.5 Å². The lowest BCUT2D eigenvalue weighted by Gasteiger charge is -2.34. The summed E-state index contributed by atoms with van der Waals surface area (Å²) >= 11 is 0. The Hall–Kier alpha value is -0.0800. The molecule has 2 heteroatoms. The fraction of sp³-hybridized carbons (Fsp3) is 1.00. The molecule has 2 nitrogen and oxygen atoms in total. The summed E-state index contributed by atoms with van der Waals surface area (Å²) in [5.41, 5.74) is -0.258. The van der Waals surface area contributed by atoms with Gasteiger partial charge in [0.25, 0.3) is 0 Å². The molecule has 0 radical (unpaired) electrons. The Morgan fingerprint density at radius 2 is 1.47 bits per heavy atom. The Labute approximate surface area is 94.7 Å².